The number of rotatable bonds is 16. The number of aromatic amines is 1. The van der Waals surface area contributed by atoms with Crippen molar-refractivity contribution in [2.24, 2.45) is 0 Å². The van der Waals surface area contributed by atoms with Gasteiger partial charge in [-0.25, -0.2) is 9.59 Å². The summed E-state index contributed by atoms with van der Waals surface area (Å²) >= 11 is 0. The van der Waals surface area contributed by atoms with Crippen LogP contribution in [0.4, 0.5) is 0 Å². The van der Waals surface area contributed by atoms with E-state index in [1.54, 1.807) is 6.07 Å². The van der Waals surface area contributed by atoms with Crippen LogP contribution in [0.3, 0.4) is 0 Å². The minimum absolute atomic E-state index is 0.00859. The molecule has 2 N–H and O–H groups in total. The third-order valence-electron chi connectivity index (χ3n) is 6.65. The van der Waals surface area contributed by atoms with E-state index in [0.717, 1.165) is 11.1 Å². The van der Waals surface area contributed by atoms with Crippen molar-refractivity contribution in [2.45, 2.75) is 39.1 Å². The van der Waals surface area contributed by atoms with E-state index < -0.39 is 24.0 Å². The second-order valence-corrected chi connectivity index (χ2v) is 9.83. The molecule has 0 fully saturated rings. The quantitative estimate of drug-likeness (QED) is 0.131. The number of carbonyl (C=O) groups is 3. The van der Waals surface area contributed by atoms with Crippen LogP contribution in [0, 0.1) is 0 Å². The van der Waals surface area contributed by atoms with E-state index in [2.05, 4.69) is 4.98 Å². The topological polar surface area (TPSA) is 133 Å². The Hall–Kier alpha value is -4.67. The van der Waals surface area contributed by atoms with E-state index >= 15 is 0 Å². The average molecular weight is 590 g/mol. The number of nitrogens with one attached hydrogen (secondary N) is 1. The number of hydrogen-bond acceptors (Lipinski definition) is 8. The first kappa shape index (κ1) is 31.3. The van der Waals surface area contributed by atoms with E-state index in [1.807, 2.05) is 60.7 Å². The van der Waals surface area contributed by atoms with Gasteiger partial charge in [-0.2, -0.15) is 0 Å². The number of carbonyl (C=O) groups excluding carboxylic acids is 2. The van der Waals surface area contributed by atoms with Gasteiger partial charge in [-0.05, 0) is 28.8 Å². The number of hydrogen-bond donors (Lipinski definition) is 2. The minimum Gasteiger partial charge on any atom is -0.491 e. The van der Waals surface area contributed by atoms with Crippen LogP contribution in [0.15, 0.2) is 72.8 Å². The molecule has 0 bridgehead atoms. The summed E-state index contributed by atoms with van der Waals surface area (Å²) in [5, 5.41) is 10.7. The number of carboxylic acid groups (broad SMARTS) is 1. The average Bonchev–Trinajstić information content (AvgIpc) is 3.46. The van der Waals surface area contributed by atoms with Crippen LogP contribution in [0.2, 0.25) is 0 Å². The molecule has 4 rings (SSSR count). The lowest BCUT2D eigenvalue weighted by atomic mass is 9.96. The van der Waals surface area contributed by atoms with Crippen LogP contribution in [-0.2, 0) is 43.4 Å². The minimum atomic E-state index is -1.16. The van der Waals surface area contributed by atoms with Gasteiger partial charge in [0.15, 0.2) is 0 Å². The van der Waals surface area contributed by atoms with E-state index in [9.17, 15) is 19.5 Å². The Morgan fingerprint density at radius 3 is 2.21 bits per heavy atom. The van der Waals surface area contributed by atoms with Gasteiger partial charge in [0.2, 0.25) is 0 Å². The van der Waals surface area contributed by atoms with Gasteiger partial charge in [0.25, 0.3) is 0 Å². The zero-order chi connectivity index (χ0) is 30.6. The number of methoxy groups -OCH3 is 1. The number of aromatic nitrogens is 1. The number of H-pyrrole nitrogens is 1. The molecule has 1 heterocycles. The monoisotopic (exact) mass is 589 g/mol. The van der Waals surface area contributed by atoms with Gasteiger partial charge in [0, 0.05) is 25.2 Å². The Balaban J connectivity index is 1.65. The fourth-order valence-corrected chi connectivity index (χ4v) is 4.59. The van der Waals surface area contributed by atoms with E-state index in [0.29, 0.717) is 36.1 Å². The van der Waals surface area contributed by atoms with Gasteiger partial charge in [-0.1, -0.05) is 60.7 Å². The molecule has 226 valence electrons. The van der Waals surface area contributed by atoms with Gasteiger partial charge >= 0.3 is 17.9 Å². The molecule has 0 aliphatic heterocycles. The largest absolute Gasteiger partial charge is 0.491 e. The number of carboxylic acids is 1. The highest BCUT2D eigenvalue weighted by Crippen LogP contribution is 2.34. The highest BCUT2D eigenvalue weighted by Gasteiger charge is 2.25. The van der Waals surface area contributed by atoms with Crippen LogP contribution in [0.1, 0.15) is 50.9 Å². The summed E-state index contributed by atoms with van der Waals surface area (Å²) in [5.41, 5.74) is 3.03. The molecule has 10 heteroatoms. The molecule has 0 amide bonds. The molecule has 10 nitrogen and oxygen atoms in total. The van der Waals surface area contributed by atoms with Gasteiger partial charge in [0.05, 0.1) is 57.3 Å². The summed E-state index contributed by atoms with van der Waals surface area (Å²) in [4.78, 5) is 39.1. The summed E-state index contributed by atoms with van der Waals surface area (Å²) in [5.74, 6) is -1.92. The van der Waals surface area contributed by atoms with Crippen molar-refractivity contribution in [1.82, 2.24) is 4.98 Å². The first-order chi connectivity index (χ1) is 20.9. The lowest BCUT2D eigenvalue weighted by Crippen LogP contribution is -2.24. The smallest absolute Gasteiger partial charge is 0.354 e. The van der Waals surface area contributed by atoms with Gasteiger partial charge < -0.3 is 33.8 Å². The lowest BCUT2D eigenvalue weighted by molar-refractivity contribution is -0.141. The number of fused-ring (bicyclic) bond motifs is 1. The lowest BCUT2D eigenvalue weighted by Gasteiger charge is -2.21. The van der Waals surface area contributed by atoms with Crippen LogP contribution in [0.5, 0.6) is 5.75 Å². The second-order valence-electron chi connectivity index (χ2n) is 9.83. The summed E-state index contributed by atoms with van der Waals surface area (Å²) in [6.07, 6.45) is 0.0618. The first-order valence-electron chi connectivity index (χ1n) is 13.9. The Kier molecular flexibility index (Phi) is 11.3. The van der Waals surface area contributed by atoms with Crippen molar-refractivity contribution >= 4 is 28.8 Å². The maximum absolute atomic E-state index is 12.5. The maximum Gasteiger partial charge on any atom is 0.354 e. The molecule has 0 aliphatic rings. The SMILES string of the molecule is COC(=O)c1cc2c(C[C@@H](COCc3ccccc3)OCc3ccccc3)c(C(=O)O)cc(OCCCOC(C)=O)c2[nH]1. The standard InChI is InChI=1S/C33H35NO9/c1-22(35)41-14-9-15-42-30-18-28(32(36)37)26(27-17-29(33(38)39-2)34-31(27)30)16-25(43-20-24-12-7-4-8-13-24)21-40-19-23-10-5-3-6-11-23/h3-8,10-13,17-18,25,34H,9,14-16,19-21H2,1-2H3,(H,36,37)/t25-/m0/s1. The molecule has 4 aromatic rings. The predicted octanol–water partition coefficient (Wildman–Crippen LogP) is 5.33. The molecule has 0 unspecified atom stereocenters. The summed E-state index contributed by atoms with van der Waals surface area (Å²) in [6, 6.07) is 22.4. The predicted molar refractivity (Wildman–Crippen MR) is 158 cm³/mol. The Morgan fingerprint density at radius 1 is 0.907 bits per heavy atom. The van der Waals surface area contributed by atoms with Crippen molar-refractivity contribution in [1.29, 1.82) is 0 Å². The molecule has 0 saturated carbocycles. The number of benzene rings is 3. The number of ether oxygens (including phenoxy) is 5. The number of esters is 2. The van der Waals surface area contributed by atoms with Crippen molar-refractivity contribution in [3.63, 3.8) is 0 Å². The van der Waals surface area contributed by atoms with Crippen molar-refractivity contribution in [3.8, 4) is 5.75 Å². The van der Waals surface area contributed by atoms with Crippen LogP contribution in [-0.4, -0.2) is 61.0 Å². The van der Waals surface area contributed by atoms with Crippen LogP contribution in [0.25, 0.3) is 10.9 Å². The maximum atomic E-state index is 12.5. The zero-order valence-corrected chi connectivity index (χ0v) is 24.2. The molecule has 1 aromatic heterocycles. The van der Waals surface area contributed by atoms with Crippen molar-refractivity contribution in [3.05, 3.63) is 101 Å². The normalized spacial score (nSPS) is 11.7. The van der Waals surface area contributed by atoms with E-state index in [1.165, 1.54) is 20.1 Å². The molecule has 43 heavy (non-hydrogen) atoms. The molecular formula is C33H35NO9. The zero-order valence-electron chi connectivity index (χ0n) is 24.2. The first-order valence-corrected chi connectivity index (χ1v) is 13.9. The highest BCUT2D eigenvalue weighted by molar-refractivity contribution is 6.03. The summed E-state index contributed by atoms with van der Waals surface area (Å²) in [7, 11) is 1.27. The Labute approximate surface area is 249 Å². The molecule has 3 aromatic carbocycles. The molecule has 0 radical (unpaired) electrons. The van der Waals surface area contributed by atoms with Gasteiger partial charge in [-0.3, -0.25) is 4.79 Å². The summed E-state index contributed by atoms with van der Waals surface area (Å²) in [6.45, 7) is 2.50. The van der Waals surface area contributed by atoms with Crippen molar-refractivity contribution < 1.29 is 43.2 Å². The number of aromatic carboxylic acids is 1. The third kappa shape index (κ3) is 8.91. The van der Waals surface area contributed by atoms with E-state index in [-0.39, 0.29) is 43.2 Å². The second kappa shape index (κ2) is 15.5. The van der Waals surface area contributed by atoms with Crippen LogP contribution < -0.4 is 4.74 Å². The Bertz CT molecular complexity index is 1520. The molecule has 0 spiro atoms. The van der Waals surface area contributed by atoms with Crippen molar-refractivity contribution in [2.75, 3.05) is 26.9 Å². The molecule has 0 aliphatic carbocycles. The third-order valence-corrected chi connectivity index (χ3v) is 6.65. The van der Waals surface area contributed by atoms with E-state index in [4.69, 9.17) is 23.7 Å². The van der Waals surface area contributed by atoms with Gasteiger partial charge in [0.1, 0.15) is 11.4 Å². The Morgan fingerprint density at radius 2 is 1.58 bits per heavy atom. The molecule has 1 atom stereocenters. The molecule has 0 saturated heterocycles. The van der Waals surface area contributed by atoms with Gasteiger partial charge in [-0.15, -0.1) is 0 Å². The highest BCUT2D eigenvalue weighted by atomic mass is 16.5. The summed E-state index contributed by atoms with van der Waals surface area (Å²) < 4.78 is 28.1. The molecular weight excluding hydrogens is 554 g/mol. The fourth-order valence-electron chi connectivity index (χ4n) is 4.59. The van der Waals surface area contributed by atoms with Crippen LogP contribution >= 0.6 is 0 Å². The fraction of sp³-hybridized carbons (Fsp3) is 0.303.